The molecule has 3 aromatic carbocycles. The van der Waals surface area contributed by atoms with Crippen molar-refractivity contribution in [2.75, 3.05) is 7.11 Å². The summed E-state index contributed by atoms with van der Waals surface area (Å²) in [6, 6.07) is 20.1. The summed E-state index contributed by atoms with van der Waals surface area (Å²) in [6.07, 6.45) is 7.95. The molecule has 0 aliphatic heterocycles. The summed E-state index contributed by atoms with van der Waals surface area (Å²) in [5, 5.41) is 18.7. The highest BCUT2D eigenvalue weighted by Gasteiger charge is 2.01. The zero-order valence-electron chi connectivity index (χ0n) is 14.5. The summed E-state index contributed by atoms with van der Waals surface area (Å²) in [6.45, 7) is 0. The average molecular weight is 344 g/mol. The van der Waals surface area contributed by atoms with Crippen molar-refractivity contribution in [1.82, 2.24) is 0 Å². The molecule has 130 valence electrons. The van der Waals surface area contributed by atoms with Gasteiger partial charge in [-0.2, -0.15) is 0 Å². The maximum absolute atomic E-state index is 9.34. The highest BCUT2D eigenvalue weighted by atomic mass is 16.5. The molecule has 0 unspecified atom stereocenters. The van der Waals surface area contributed by atoms with Gasteiger partial charge in [-0.1, -0.05) is 60.7 Å². The minimum atomic E-state index is 0.254. The van der Waals surface area contributed by atoms with Crippen LogP contribution in [0.1, 0.15) is 22.3 Å². The second-order valence-electron chi connectivity index (χ2n) is 5.85. The van der Waals surface area contributed by atoms with E-state index in [-0.39, 0.29) is 11.5 Å². The van der Waals surface area contributed by atoms with E-state index in [9.17, 15) is 10.2 Å². The molecule has 26 heavy (non-hydrogen) atoms. The summed E-state index contributed by atoms with van der Waals surface area (Å²) < 4.78 is 5.50. The van der Waals surface area contributed by atoms with Gasteiger partial charge in [0.2, 0.25) is 0 Å². The monoisotopic (exact) mass is 344 g/mol. The van der Waals surface area contributed by atoms with Crippen molar-refractivity contribution in [3.8, 4) is 17.2 Å². The molecule has 3 heteroatoms. The molecule has 3 nitrogen and oxygen atoms in total. The normalized spacial score (nSPS) is 11.3. The number of phenols is 2. The molecular formula is C23H20O3. The molecule has 0 aromatic heterocycles. The highest BCUT2D eigenvalue weighted by Crippen LogP contribution is 2.24. The van der Waals surface area contributed by atoms with E-state index in [1.165, 1.54) is 0 Å². The lowest BCUT2D eigenvalue weighted by Crippen LogP contribution is -1.87. The SMILES string of the molecule is COc1cc(/C=C/c2ccc(O)cc2)ccc1/C=C/c1ccc(O)cc1. The molecule has 3 rings (SSSR count). The van der Waals surface area contributed by atoms with E-state index in [0.29, 0.717) is 0 Å². The van der Waals surface area contributed by atoms with Gasteiger partial charge in [-0.15, -0.1) is 0 Å². The Balaban J connectivity index is 1.78. The first-order valence-corrected chi connectivity index (χ1v) is 8.26. The van der Waals surface area contributed by atoms with E-state index >= 15 is 0 Å². The van der Waals surface area contributed by atoms with Crippen LogP contribution in [0.2, 0.25) is 0 Å². The predicted molar refractivity (Wildman–Crippen MR) is 107 cm³/mol. The molecule has 0 aliphatic carbocycles. The Bertz CT molecular complexity index is 921. The molecule has 0 heterocycles. The topological polar surface area (TPSA) is 49.7 Å². The number of hydrogen-bond donors (Lipinski definition) is 2. The second kappa shape index (κ2) is 8.08. The molecule has 0 saturated heterocycles. The number of phenolic OH excluding ortho intramolecular Hbond substituents is 2. The minimum Gasteiger partial charge on any atom is -0.508 e. The zero-order chi connectivity index (χ0) is 18.4. The van der Waals surface area contributed by atoms with Crippen molar-refractivity contribution in [2.24, 2.45) is 0 Å². The van der Waals surface area contributed by atoms with Gasteiger partial charge in [-0.3, -0.25) is 0 Å². The van der Waals surface area contributed by atoms with Crippen LogP contribution >= 0.6 is 0 Å². The largest absolute Gasteiger partial charge is 0.508 e. The molecule has 0 atom stereocenters. The molecule has 0 saturated carbocycles. The van der Waals surface area contributed by atoms with Crippen molar-refractivity contribution in [1.29, 1.82) is 0 Å². The van der Waals surface area contributed by atoms with Crippen LogP contribution in [0.5, 0.6) is 17.2 Å². The third kappa shape index (κ3) is 4.54. The van der Waals surface area contributed by atoms with Crippen molar-refractivity contribution >= 4 is 24.3 Å². The van der Waals surface area contributed by atoms with Crippen LogP contribution in [0.15, 0.2) is 66.7 Å². The molecule has 0 spiro atoms. The molecule has 2 N–H and O–H groups in total. The van der Waals surface area contributed by atoms with Gasteiger partial charge < -0.3 is 14.9 Å². The van der Waals surface area contributed by atoms with Gasteiger partial charge in [0.25, 0.3) is 0 Å². The quantitative estimate of drug-likeness (QED) is 0.605. The molecule has 0 bridgehead atoms. The van der Waals surface area contributed by atoms with Gasteiger partial charge in [0.1, 0.15) is 17.2 Å². The van der Waals surface area contributed by atoms with Gasteiger partial charge in [0.15, 0.2) is 0 Å². The van der Waals surface area contributed by atoms with Crippen LogP contribution in [0.25, 0.3) is 24.3 Å². The fraction of sp³-hybridized carbons (Fsp3) is 0.0435. The third-order valence-electron chi connectivity index (χ3n) is 3.97. The number of ether oxygens (including phenoxy) is 1. The summed E-state index contributed by atoms with van der Waals surface area (Å²) in [5.74, 6) is 1.30. The fourth-order valence-corrected chi connectivity index (χ4v) is 2.52. The van der Waals surface area contributed by atoms with Gasteiger partial charge in [-0.05, 0) is 47.0 Å². The first-order chi connectivity index (χ1) is 12.6. The maximum Gasteiger partial charge on any atom is 0.126 e. The van der Waals surface area contributed by atoms with Crippen molar-refractivity contribution in [2.45, 2.75) is 0 Å². The van der Waals surface area contributed by atoms with Gasteiger partial charge in [-0.25, -0.2) is 0 Å². The summed E-state index contributed by atoms with van der Waals surface area (Å²) in [7, 11) is 1.65. The summed E-state index contributed by atoms with van der Waals surface area (Å²) in [5.41, 5.74) is 4.01. The Hall–Kier alpha value is -3.46. The zero-order valence-corrected chi connectivity index (χ0v) is 14.5. The van der Waals surface area contributed by atoms with Crippen LogP contribution in [-0.4, -0.2) is 17.3 Å². The van der Waals surface area contributed by atoms with Crippen molar-refractivity contribution in [3.63, 3.8) is 0 Å². The smallest absolute Gasteiger partial charge is 0.126 e. The van der Waals surface area contributed by atoms with E-state index in [1.54, 1.807) is 31.4 Å². The van der Waals surface area contributed by atoms with Crippen LogP contribution in [0, 0.1) is 0 Å². The first kappa shape index (κ1) is 17.4. The van der Waals surface area contributed by atoms with Crippen LogP contribution in [0.4, 0.5) is 0 Å². The molecule has 3 aromatic rings. The Morgan fingerprint density at radius 3 is 1.62 bits per heavy atom. The van der Waals surface area contributed by atoms with E-state index in [1.807, 2.05) is 66.8 Å². The molecular weight excluding hydrogens is 324 g/mol. The minimum absolute atomic E-state index is 0.254. The average Bonchev–Trinajstić information content (AvgIpc) is 2.67. The molecule has 0 radical (unpaired) electrons. The Morgan fingerprint density at radius 2 is 1.08 bits per heavy atom. The van der Waals surface area contributed by atoms with Gasteiger partial charge in [0.05, 0.1) is 7.11 Å². The first-order valence-electron chi connectivity index (χ1n) is 8.26. The Morgan fingerprint density at radius 1 is 0.615 bits per heavy atom. The summed E-state index contributed by atoms with van der Waals surface area (Å²) >= 11 is 0. The lowest BCUT2D eigenvalue weighted by atomic mass is 10.1. The van der Waals surface area contributed by atoms with E-state index in [4.69, 9.17) is 4.74 Å². The maximum atomic E-state index is 9.34. The Kier molecular flexibility index (Phi) is 5.40. The van der Waals surface area contributed by atoms with Crippen molar-refractivity contribution in [3.05, 3.63) is 89.0 Å². The lowest BCUT2D eigenvalue weighted by molar-refractivity contribution is 0.414. The number of methoxy groups -OCH3 is 1. The number of aromatic hydroxyl groups is 2. The Labute approximate surface area is 153 Å². The number of benzene rings is 3. The number of rotatable bonds is 5. The van der Waals surface area contributed by atoms with Crippen LogP contribution in [0.3, 0.4) is 0 Å². The van der Waals surface area contributed by atoms with Gasteiger partial charge >= 0.3 is 0 Å². The molecule has 0 amide bonds. The molecule has 0 fully saturated rings. The predicted octanol–water partition coefficient (Wildman–Crippen LogP) is 5.45. The van der Waals surface area contributed by atoms with E-state index in [0.717, 1.165) is 28.0 Å². The van der Waals surface area contributed by atoms with E-state index < -0.39 is 0 Å². The lowest BCUT2D eigenvalue weighted by Gasteiger charge is -2.06. The summed E-state index contributed by atoms with van der Waals surface area (Å²) in [4.78, 5) is 0. The van der Waals surface area contributed by atoms with Gasteiger partial charge in [0, 0.05) is 5.56 Å². The van der Waals surface area contributed by atoms with Crippen LogP contribution < -0.4 is 4.74 Å². The van der Waals surface area contributed by atoms with Crippen molar-refractivity contribution < 1.29 is 14.9 Å². The second-order valence-corrected chi connectivity index (χ2v) is 5.85. The van der Waals surface area contributed by atoms with E-state index in [2.05, 4.69) is 0 Å². The highest BCUT2D eigenvalue weighted by molar-refractivity contribution is 5.76. The number of hydrogen-bond acceptors (Lipinski definition) is 3. The third-order valence-corrected chi connectivity index (χ3v) is 3.97. The fourth-order valence-electron chi connectivity index (χ4n) is 2.52. The standard InChI is InChI=1S/C23H20O3/c1-26-23-16-19(3-2-17-6-12-21(24)13-7-17)5-11-20(23)10-4-18-8-14-22(25)15-9-18/h2-16,24-25H,1H3/b3-2+,10-4+. The van der Waals surface area contributed by atoms with Crippen LogP contribution in [-0.2, 0) is 0 Å². The molecule has 0 aliphatic rings.